The van der Waals surface area contributed by atoms with Crippen molar-refractivity contribution in [3.8, 4) is 0 Å². The van der Waals surface area contributed by atoms with Crippen molar-refractivity contribution < 1.29 is 14.4 Å². The molecule has 3 atom stereocenters. The molecule has 1 aliphatic rings. The second kappa shape index (κ2) is 12.7. The number of hydrogen-bond donors (Lipinski definition) is 2. The minimum atomic E-state index is -0.678. The maximum Gasteiger partial charge on any atom is 0.270 e. The van der Waals surface area contributed by atoms with Gasteiger partial charge in [0.25, 0.3) is 5.91 Å². The number of nitrogens with one attached hydrogen (secondary N) is 2. The van der Waals surface area contributed by atoms with Crippen molar-refractivity contribution >= 4 is 17.7 Å². The molecule has 0 fully saturated rings. The molecule has 3 amide bonds. The van der Waals surface area contributed by atoms with E-state index in [1.807, 2.05) is 70.4 Å². The van der Waals surface area contributed by atoms with Crippen LogP contribution in [0.4, 0.5) is 0 Å². The van der Waals surface area contributed by atoms with Crippen LogP contribution in [0, 0.1) is 12.8 Å². The average Bonchev–Trinajstić information content (AvgIpc) is 3.52. The lowest BCUT2D eigenvalue weighted by Crippen LogP contribution is -2.51. The fourth-order valence-corrected chi connectivity index (χ4v) is 4.97. The van der Waals surface area contributed by atoms with Crippen molar-refractivity contribution in [1.82, 2.24) is 34.9 Å². The Morgan fingerprint density at radius 2 is 1.85 bits per heavy atom. The highest BCUT2D eigenvalue weighted by Crippen LogP contribution is 2.20. The number of aromatic nitrogens is 4. The molecule has 208 valence electrons. The number of nitrogens with zero attached hydrogens (tertiary/aromatic N) is 5. The first kappa shape index (κ1) is 28.1. The highest BCUT2D eigenvalue weighted by atomic mass is 16.2. The molecule has 0 spiro atoms. The summed E-state index contributed by atoms with van der Waals surface area (Å²) in [6.07, 6.45) is 3.79. The van der Waals surface area contributed by atoms with Gasteiger partial charge in [-0.2, -0.15) is 5.10 Å². The van der Waals surface area contributed by atoms with Gasteiger partial charge in [0, 0.05) is 32.8 Å². The van der Waals surface area contributed by atoms with Crippen molar-refractivity contribution in [1.29, 1.82) is 0 Å². The van der Waals surface area contributed by atoms with Crippen LogP contribution in [0.3, 0.4) is 0 Å². The first-order valence-corrected chi connectivity index (χ1v) is 13.7. The van der Waals surface area contributed by atoms with Gasteiger partial charge in [-0.15, -0.1) is 0 Å². The van der Waals surface area contributed by atoms with Crippen LogP contribution < -0.4 is 10.6 Å². The predicted octanol–water partition coefficient (Wildman–Crippen LogP) is 2.79. The molecule has 2 N–H and O–H groups in total. The van der Waals surface area contributed by atoms with Gasteiger partial charge in [0.2, 0.25) is 11.8 Å². The third-order valence-corrected chi connectivity index (χ3v) is 7.39. The van der Waals surface area contributed by atoms with Gasteiger partial charge in [-0.1, -0.05) is 50.6 Å². The highest BCUT2D eigenvalue weighted by molar-refractivity contribution is 5.93. The van der Waals surface area contributed by atoms with Crippen LogP contribution in [0.25, 0.3) is 0 Å². The molecule has 0 aliphatic carbocycles. The summed E-state index contributed by atoms with van der Waals surface area (Å²) in [6.45, 7) is 7.01. The van der Waals surface area contributed by atoms with E-state index >= 15 is 0 Å². The molecule has 0 saturated carbocycles. The van der Waals surface area contributed by atoms with Crippen LogP contribution in [-0.2, 0) is 29.6 Å². The van der Waals surface area contributed by atoms with Crippen molar-refractivity contribution in [3.63, 3.8) is 0 Å². The second-order valence-corrected chi connectivity index (χ2v) is 10.3. The summed E-state index contributed by atoms with van der Waals surface area (Å²) >= 11 is 0. The quantitative estimate of drug-likeness (QED) is 0.524. The van der Waals surface area contributed by atoms with E-state index in [-0.39, 0.29) is 30.1 Å². The lowest BCUT2D eigenvalue weighted by atomic mass is 9.97. The summed E-state index contributed by atoms with van der Waals surface area (Å²) in [4.78, 5) is 46.5. The van der Waals surface area contributed by atoms with Crippen molar-refractivity contribution in [2.24, 2.45) is 13.0 Å². The SMILES string of the molecule is CC[C@H](C)[C@@H]1NC(=O)CCCN(C(=O)c2cccn2C)CCn2nc(C)nc2[C@H](Cc2ccccc2)NC1=O. The van der Waals surface area contributed by atoms with E-state index in [1.165, 1.54) is 0 Å². The Labute approximate surface area is 229 Å². The van der Waals surface area contributed by atoms with Crippen molar-refractivity contribution in [3.05, 3.63) is 71.6 Å². The molecule has 10 heteroatoms. The topological polar surface area (TPSA) is 114 Å². The van der Waals surface area contributed by atoms with E-state index in [4.69, 9.17) is 4.98 Å². The van der Waals surface area contributed by atoms with Gasteiger partial charge < -0.3 is 20.1 Å². The Hall–Kier alpha value is -3.95. The monoisotopic (exact) mass is 533 g/mol. The van der Waals surface area contributed by atoms with Gasteiger partial charge in [0.15, 0.2) is 0 Å². The Balaban J connectivity index is 1.70. The fourth-order valence-electron chi connectivity index (χ4n) is 4.97. The molecular weight excluding hydrogens is 494 g/mol. The average molecular weight is 534 g/mol. The van der Waals surface area contributed by atoms with E-state index in [2.05, 4.69) is 15.7 Å². The number of carbonyl (C=O) groups excluding carboxylic acids is 3. The van der Waals surface area contributed by atoms with E-state index in [0.29, 0.717) is 49.8 Å². The Kier molecular flexibility index (Phi) is 9.16. The molecule has 39 heavy (non-hydrogen) atoms. The number of hydrogen-bond acceptors (Lipinski definition) is 5. The lowest BCUT2D eigenvalue weighted by molar-refractivity contribution is -0.130. The maximum atomic E-state index is 13.6. The number of amides is 3. The van der Waals surface area contributed by atoms with Gasteiger partial charge >= 0.3 is 0 Å². The number of carbonyl (C=O) groups is 3. The zero-order valence-electron chi connectivity index (χ0n) is 23.3. The molecule has 3 aromatic rings. The van der Waals surface area contributed by atoms with Crippen LogP contribution in [0.1, 0.15) is 66.9 Å². The highest BCUT2D eigenvalue weighted by Gasteiger charge is 2.31. The van der Waals surface area contributed by atoms with E-state index in [1.54, 1.807) is 20.2 Å². The molecule has 3 heterocycles. The summed E-state index contributed by atoms with van der Waals surface area (Å²) < 4.78 is 3.60. The minimum Gasteiger partial charge on any atom is -0.347 e. The fraction of sp³-hybridized carbons (Fsp3) is 0.483. The molecule has 0 radical (unpaired) electrons. The number of benzene rings is 1. The third kappa shape index (κ3) is 6.93. The number of aryl methyl sites for hydroxylation is 2. The second-order valence-electron chi connectivity index (χ2n) is 10.3. The Bertz CT molecular complexity index is 1280. The molecule has 4 rings (SSSR count). The zero-order valence-corrected chi connectivity index (χ0v) is 23.3. The molecule has 0 saturated heterocycles. The standard InChI is InChI=1S/C29H39N7O3/c1-5-20(2)26-28(38)31-23(19-22-11-7-6-8-12-22)27-30-21(3)33-36(27)18-17-35(16-10-14-25(37)32-26)29(39)24-13-9-15-34(24)4/h6-9,11-13,15,20,23,26H,5,10,14,16-19H2,1-4H3,(H,31,38)(H,32,37)/t20-,23-,26-/m0/s1. The number of rotatable bonds is 5. The number of fused-ring (bicyclic) bond motifs is 1. The van der Waals surface area contributed by atoms with E-state index in [9.17, 15) is 14.4 Å². The van der Waals surface area contributed by atoms with Crippen LogP contribution >= 0.6 is 0 Å². The lowest BCUT2D eigenvalue weighted by Gasteiger charge is -2.28. The minimum absolute atomic E-state index is 0.0609. The molecule has 10 nitrogen and oxygen atoms in total. The third-order valence-electron chi connectivity index (χ3n) is 7.39. The normalized spacial score (nSPS) is 19.9. The maximum absolute atomic E-state index is 13.6. The summed E-state index contributed by atoms with van der Waals surface area (Å²) in [5.74, 6) is 0.631. The van der Waals surface area contributed by atoms with Crippen LogP contribution in [-0.4, -0.2) is 61.1 Å². The van der Waals surface area contributed by atoms with Crippen LogP contribution in [0.2, 0.25) is 0 Å². The first-order valence-electron chi connectivity index (χ1n) is 13.7. The van der Waals surface area contributed by atoms with Gasteiger partial charge in [-0.25, -0.2) is 9.67 Å². The van der Waals surface area contributed by atoms with Crippen LogP contribution in [0.15, 0.2) is 48.7 Å². The van der Waals surface area contributed by atoms with Gasteiger partial charge in [-0.05, 0) is 43.4 Å². The summed E-state index contributed by atoms with van der Waals surface area (Å²) in [6, 6.07) is 12.4. The van der Waals surface area contributed by atoms with Crippen molar-refractivity contribution in [2.45, 2.75) is 65.1 Å². The Morgan fingerprint density at radius 1 is 1.08 bits per heavy atom. The van der Waals surface area contributed by atoms with Gasteiger partial charge in [-0.3, -0.25) is 14.4 Å². The van der Waals surface area contributed by atoms with Crippen molar-refractivity contribution in [2.75, 3.05) is 13.1 Å². The van der Waals surface area contributed by atoms with E-state index < -0.39 is 12.1 Å². The molecule has 1 aromatic carbocycles. The van der Waals surface area contributed by atoms with E-state index in [0.717, 1.165) is 12.0 Å². The molecule has 0 unspecified atom stereocenters. The molecular formula is C29H39N7O3. The van der Waals surface area contributed by atoms with Gasteiger partial charge in [0.1, 0.15) is 23.4 Å². The Morgan fingerprint density at radius 3 is 2.54 bits per heavy atom. The summed E-state index contributed by atoms with van der Waals surface area (Å²) in [5.41, 5.74) is 1.63. The zero-order chi connectivity index (χ0) is 27.9. The molecule has 0 bridgehead atoms. The summed E-state index contributed by atoms with van der Waals surface area (Å²) in [7, 11) is 1.84. The molecule has 2 aromatic heterocycles. The first-order chi connectivity index (χ1) is 18.8. The predicted molar refractivity (Wildman–Crippen MR) is 148 cm³/mol. The molecule has 1 aliphatic heterocycles. The largest absolute Gasteiger partial charge is 0.347 e. The van der Waals surface area contributed by atoms with Crippen LogP contribution in [0.5, 0.6) is 0 Å². The summed E-state index contributed by atoms with van der Waals surface area (Å²) in [5, 5.41) is 10.8. The smallest absolute Gasteiger partial charge is 0.270 e. The van der Waals surface area contributed by atoms with Gasteiger partial charge in [0.05, 0.1) is 12.6 Å².